The minimum absolute atomic E-state index is 0.238. The van der Waals surface area contributed by atoms with Crippen LogP contribution in [0.2, 0.25) is 0 Å². The van der Waals surface area contributed by atoms with E-state index in [1.165, 1.54) is 12.1 Å². The van der Waals surface area contributed by atoms with Crippen molar-refractivity contribution in [2.45, 2.75) is 13.0 Å². The number of aryl methyl sites for hydroxylation is 1. The molecule has 1 aliphatic heterocycles. The van der Waals surface area contributed by atoms with Crippen molar-refractivity contribution in [1.82, 2.24) is 14.8 Å². The molecule has 88 valence electrons. The Morgan fingerprint density at radius 1 is 1.29 bits per heavy atom. The summed E-state index contributed by atoms with van der Waals surface area (Å²) in [7, 11) is 0. The van der Waals surface area contributed by atoms with Gasteiger partial charge in [0.25, 0.3) is 0 Å². The summed E-state index contributed by atoms with van der Waals surface area (Å²) < 4.78 is 15.6. The summed E-state index contributed by atoms with van der Waals surface area (Å²) in [5, 5.41) is 4.24. The minimum Gasteiger partial charge on any atom is -0.311 e. The SMILES string of the molecule is Fc1cccc(N2CCCn3nc(Br)nc32)c1. The number of fused-ring (bicyclic) bond motifs is 1. The standard InChI is InChI=1S/C11H10BrFN4/c12-10-14-11-16(5-2-6-17(11)15-10)9-4-1-3-8(13)7-9/h1,3-4,7H,2,5-6H2. The molecule has 0 aliphatic carbocycles. The van der Waals surface area contributed by atoms with Crippen molar-refractivity contribution in [3.05, 3.63) is 34.8 Å². The van der Waals surface area contributed by atoms with E-state index in [1.807, 2.05) is 15.6 Å². The molecule has 0 radical (unpaired) electrons. The Morgan fingerprint density at radius 3 is 3.00 bits per heavy atom. The van der Waals surface area contributed by atoms with Crippen molar-refractivity contribution in [1.29, 1.82) is 0 Å². The molecule has 0 amide bonds. The topological polar surface area (TPSA) is 34.0 Å². The zero-order valence-corrected chi connectivity index (χ0v) is 10.6. The first-order chi connectivity index (χ1) is 8.24. The van der Waals surface area contributed by atoms with Gasteiger partial charge < -0.3 is 4.90 Å². The van der Waals surface area contributed by atoms with Crippen LogP contribution in [0.25, 0.3) is 0 Å². The van der Waals surface area contributed by atoms with Crippen LogP contribution in [0, 0.1) is 5.82 Å². The zero-order chi connectivity index (χ0) is 11.8. The molecule has 0 unspecified atom stereocenters. The maximum Gasteiger partial charge on any atom is 0.229 e. The molecular weight excluding hydrogens is 287 g/mol. The third kappa shape index (κ3) is 1.93. The first-order valence-electron chi connectivity index (χ1n) is 5.37. The van der Waals surface area contributed by atoms with E-state index < -0.39 is 0 Å². The van der Waals surface area contributed by atoms with E-state index in [1.54, 1.807) is 6.07 Å². The molecule has 3 rings (SSSR count). The number of rotatable bonds is 1. The lowest BCUT2D eigenvalue weighted by atomic mass is 10.2. The molecule has 2 heterocycles. The third-order valence-corrected chi connectivity index (χ3v) is 3.08. The molecule has 17 heavy (non-hydrogen) atoms. The molecule has 1 aromatic heterocycles. The molecular formula is C11H10BrFN4. The summed E-state index contributed by atoms with van der Waals surface area (Å²) in [6, 6.07) is 6.53. The molecule has 0 N–H and O–H groups in total. The van der Waals surface area contributed by atoms with Crippen molar-refractivity contribution in [2.75, 3.05) is 11.4 Å². The Kier molecular flexibility index (Phi) is 2.58. The summed E-state index contributed by atoms with van der Waals surface area (Å²) in [6.45, 7) is 1.67. The summed E-state index contributed by atoms with van der Waals surface area (Å²) in [5.74, 6) is 0.520. The van der Waals surface area contributed by atoms with Gasteiger partial charge in [-0.15, -0.1) is 5.10 Å². The maximum absolute atomic E-state index is 13.2. The Hall–Kier alpha value is -1.43. The van der Waals surface area contributed by atoms with Gasteiger partial charge in [-0.3, -0.25) is 0 Å². The monoisotopic (exact) mass is 296 g/mol. The first kappa shape index (κ1) is 10.7. The third-order valence-electron chi connectivity index (χ3n) is 2.74. The number of halogens is 2. The molecule has 0 atom stereocenters. The summed E-state index contributed by atoms with van der Waals surface area (Å²) >= 11 is 3.26. The highest BCUT2D eigenvalue weighted by Gasteiger charge is 2.21. The molecule has 0 saturated heterocycles. The summed E-state index contributed by atoms with van der Waals surface area (Å²) in [6.07, 6.45) is 0.972. The van der Waals surface area contributed by atoms with Crippen LogP contribution in [0.3, 0.4) is 0 Å². The van der Waals surface area contributed by atoms with E-state index in [0.29, 0.717) is 4.73 Å². The number of anilines is 2. The van der Waals surface area contributed by atoms with Gasteiger partial charge in [0.2, 0.25) is 10.7 Å². The molecule has 0 bridgehead atoms. The van der Waals surface area contributed by atoms with Crippen LogP contribution in [0.4, 0.5) is 16.0 Å². The predicted octanol–water partition coefficient (Wildman–Crippen LogP) is 2.72. The van der Waals surface area contributed by atoms with Crippen molar-refractivity contribution in [2.24, 2.45) is 0 Å². The Balaban J connectivity index is 2.05. The van der Waals surface area contributed by atoms with E-state index in [-0.39, 0.29) is 5.82 Å². The van der Waals surface area contributed by atoms with Gasteiger partial charge in [-0.25, -0.2) is 9.07 Å². The lowest BCUT2D eigenvalue weighted by Gasteiger charge is -2.27. The van der Waals surface area contributed by atoms with Crippen LogP contribution in [-0.2, 0) is 6.54 Å². The van der Waals surface area contributed by atoms with Crippen LogP contribution >= 0.6 is 15.9 Å². The first-order valence-corrected chi connectivity index (χ1v) is 6.17. The summed E-state index contributed by atoms with van der Waals surface area (Å²) in [4.78, 5) is 6.29. The number of nitrogens with zero attached hydrogens (tertiary/aromatic N) is 4. The van der Waals surface area contributed by atoms with E-state index >= 15 is 0 Å². The average molecular weight is 297 g/mol. The van der Waals surface area contributed by atoms with E-state index in [4.69, 9.17) is 0 Å². The molecule has 4 nitrogen and oxygen atoms in total. The molecule has 0 spiro atoms. The van der Waals surface area contributed by atoms with Gasteiger partial charge >= 0.3 is 0 Å². The van der Waals surface area contributed by atoms with Crippen molar-refractivity contribution in [3.8, 4) is 0 Å². The van der Waals surface area contributed by atoms with Crippen LogP contribution in [0.15, 0.2) is 29.0 Å². The van der Waals surface area contributed by atoms with E-state index in [2.05, 4.69) is 26.0 Å². The predicted molar refractivity (Wildman–Crippen MR) is 65.7 cm³/mol. The Bertz CT molecular complexity index is 554. The maximum atomic E-state index is 13.2. The molecule has 1 aliphatic rings. The Labute approximate surface area is 106 Å². The normalized spacial score (nSPS) is 14.8. The second-order valence-electron chi connectivity index (χ2n) is 3.89. The molecule has 6 heteroatoms. The van der Waals surface area contributed by atoms with Gasteiger partial charge in [-0.05, 0) is 40.5 Å². The van der Waals surface area contributed by atoms with Gasteiger partial charge in [-0.1, -0.05) is 6.07 Å². The van der Waals surface area contributed by atoms with Crippen LogP contribution in [-0.4, -0.2) is 21.3 Å². The molecule has 2 aromatic rings. The van der Waals surface area contributed by atoms with Crippen LogP contribution < -0.4 is 4.90 Å². The highest BCUT2D eigenvalue weighted by molar-refractivity contribution is 9.10. The number of benzene rings is 1. The highest BCUT2D eigenvalue weighted by Crippen LogP contribution is 2.28. The van der Waals surface area contributed by atoms with Gasteiger partial charge in [0.05, 0.1) is 0 Å². The fourth-order valence-corrected chi connectivity index (χ4v) is 2.37. The lowest BCUT2D eigenvalue weighted by molar-refractivity contribution is 0.536. The zero-order valence-electron chi connectivity index (χ0n) is 8.98. The smallest absolute Gasteiger partial charge is 0.229 e. The lowest BCUT2D eigenvalue weighted by Crippen LogP contribution is -2.28. The van der Waals surface area contributed by atoms with Crippen molar-refractivity contribution < 1.29 is 4.39 Å². The van der Waals surface area contributed by atoms with Crippen molar-refractivity contribution in [3.63, 3.8) is 0 Å². The second kappa shape index (κ2) is 4.10. The second-order valence-corrected chi connectivity index (χ2v) is 4.60. The average Bonchev–Trinajstić information content (AvgIpc) is 2.68. The number of aromatic nitrogens is 3. The molecule has 0 saturated carbocycles. The summed E-state index contributed by atoms with van der Waals surface area (Å²) in [5.41, 5.74) is 0.811. The van der Waals surface area contributed by atoms with Gasteiger partial charge in [0.1, 0.15) is 5.82 Å². The van der Waals surface area contributed by atoms with Gasteiger partial charge in [0, 0.05) is 18.8 Å². The molecule has 0 fully saturated rings. The van der Waals surface area contributed by atoms with E-state index in [0.717, 1.165) is 31.1 Å². The Morgan fingerprint density at radius 2 is 2.18 bits per heavy atom. The van der Waals surface area contributed by atoms with Crippen molar-refractivity contribution >= 4 is 27.6 Å². The largest absolute Gasteiger partial charge is 0.311 e. The fourth-order valence-electron chi connectivity index (χ4n) is 2.02. The fraction of sp³-hybridized carbons (Fsp3) is 0.273. The van der Waals surface area contributed by atoms with Crippen LogP contribution in [0.1, 0.15) is 6.42 Å². The molecule has 1 aromatic carbocycles. The minimum atomic E-state index is -0.238. The number of hydrogen-bond acceptors (Lipinski definition) is 3. The van der Waals surface area contributed by atoms with E-state index in [9.17, 15) is 4.39 Å². The number of hydrogen-bond donors (Lipinski definition) is 0. The van der Waals surface area contributed by atoms with Gasteiger partial charge in [-0.2, -0.15) is 4.98 Å². The van der Waals surface area contributed by atoms with Gasteiger partial charge in [0.15, 0.2) is 0 Å². The highest BCUT2D eigenvalue weighted by atomic mass is 79.9. The van der Waals surface area contributed by atoms with Crippen LogP contribution in [0.5, 0.6) is 0 Å². The quantitative estimate of drug-likeness (QED) is 0.811.